The van der Waals surface area contributed by atoms with Gasteiger partial charge in [-0.1, -0.05) is 12.7 Å². The zero-order valence-corrected chi connectivity index (χ0v) is 6.39. The number of hydrogen-bond acceptors (Lipinski definition) is 2. The van der Waals surface area contributed by atoms with Gasteiger partial charge in [0.05, 0.1) is 0 Å². The van der Waals surface area contributed by atoms with Gasteiger partial charge in [-0.05, 0) is 25.5 Å². The minimum Gasteiger partial charge on any atom is -0.509 e. The highest BCUT2D eigenvalue weighted by atomic mass is 16.3. The molecule has 0 amide bonds. The third kappa shape index (κ3) is 2.97. The van der Waals surface area contributed by atoms with E-state index in [-0.39, 0.29) is 5.76 Å². The Labute approximate surface area is 61.4 Å². The molecule has 0 aromatic rings. The number of nitrogens with two attached hydrogens (primary N) is 1. The Bertz CT molecular complexity index is 189. The zero-order chi connectivity index (χ0) is 8.15. The topological polar surface area (TPSA) is 46.2 Å². The molecule has 3 N–H and O–H groups in total. The van der Waals surface area contributed by atoms with Crippen molar-refractivity contribution in [2.75, 3.05) is 0 Å². The maximum atomic E-state index is 8.71. The highest BCUT2D eigenvalue weighted by Gasteiger charge is 1.90. The van der Waals surface area contributed by atoms with Crippen LogP contribution in [0.4, 0.5) is 0 Å². The highest BCUT2D eigenvalue weighted by Crippen LogP contribution is 2.03. The quantitative estimate of drug-likeness (QED) is 0.453. The summed E-state index contributed by atoms with van der Waals surface area (Å²) in [6.45, 7) is 6.96. The molecule has 0 aromatic carbocycles. The van der Waals surface area contributed by atoms with Crippen molar-refractivity contribution in [2.24, 2.45) is 5.73 Å². The van der Waals surface area contributed by atoms with Crippen molar-refractivity contribution in [3.63, 3.8) is 0 Å². The van der Waals surface area contributed by atoms with Crippen molar-refractivity contribution in [3.05, 3.63) is 35.8 Å². The molecule has 0 radical (unpaired) electrons. The molecule has 0 atom stereocenters. The van der Waals surface area contributed by atoms with Gasteiger partial charge < -0.3 is 10.8 Å². The van der Waals surface area contributed by atoms with Crippen LogP contribution in [0.1, 0.15) is 13.8 Å². The Kier molecular flexibility index (Phi) is 3.33. The van der Waals surface area contributed by atoms with Crippen LogP contribution in [-0.4, -0.2) is 5.11 Å². The SMILES string of the molecule is C=C(O)/C=C(C)\C(N)=C/C. The zero-order valence-electron chi connectivity index (χ0n) is 6.39. The molecule has 10 heavy (non-hydrogen) atoms. The number of aliphatic hydroxyl groups is 1. The molecule has 2 heteroatoms. The van der Waals surface area contributed by atoms with E-state index in [1.54, 1.807) is 6.08 Å². The van der Waals surface area contributed by atoms with E-state index in [0.29, 0.717) is 5.70 Å². The molecule has 0 unspecified atom stereocenters. The molecule has 56 valence electrons. The van der Waals surface area contributed by atoms with Gasteiger partial charge in [0.25, 0.3) is 0 Å². The first-order chi connectivity index (χ1) is 4.57. The molecule has 0 spiro atoms. The van der Waals surface area contributed by atoms with Crippen molar-refractivity contribution >= 4 is 0 Å². The molecule has 0 fully saturated rings. The van der Waals surface area contributed by atoms with Gasteiger partial charge in [-0.15, -0.1) is 0 Å². The second-order valence-electron chi connectivity index (χ2n) is 2.06. The summed E-state index contributed by atoms with van der Waals surface area (Å²) in [5.74, 6) is 0.0299. The maximum absolute atomic E-state index is 8.71. The van der Waals surface area contributed by atoms with Crippen molar-refractivity contribution in [1.82, 2.24) is 0 Å². The summed E-state index contributed by atoms with van der Waals surface area (Å²) in [6.07, 6.45) is 3.30. The predicted molar refractivity (Wildman–Crippen MR) is 43.5 cm³/mol. The number of allylic oxidation sites excluding steroid dienone is 3. The van der Waals surface area contributed by atoms with Crippen molar-refractivity contribution in [2.45, 2.75) is 13.8 Å². The van der Waals surface area contributed by atoms with Crippen LogP contribution in [0.3, 0.4) is 0 Å². The van der Waals surface area contributed by atoms with Crippen LogP contribution in [0.25, 0.3) is 0 Å². The summed E-state index contributed by atoms with van der Waals surface area (Å²) in [4.78, 5) is 0. The van der Waals surface area contributed by atoms with E-state index in [0.717, 1.165) is 5.57 Å². The van der Waals surface area contributed by atoms with Gasteiger partial charge >= 0.3 is 0 Å². The Morgan fingerprint density at radius 3 is 2.40 bits per heavy atom. The van der Waals surface area contributed by atoms with Crippen LogP contribution in [0.2, 0.25) is 0 Å². The third-order valence-electron chi connectivity index (χ3n) is 1.15. The monoisotopic (exact) mass is 139 g/mol. The lowest BCUT2D eigenvalue weighted by Crippen LogP contribution is -1.97. The van der Waals surface area contributed by atoms with Crippen LogP contribution in [0, 0.1) is 0 Å². The lowest BCUT2D eigenvalue weighted by atomic mass is 10.2. The summed E-state index contributed by atoms with van der Waals surface area (Å²) >= 11 is 0. The summed E-state index contributed by atoms with van der Waals surface area (Å²) in [5.41, 5.74) is 7.00. The molecule has 0 saturated heterocycles. The second kappa shape index (κ2) is 3.77. The summed E-state index contributed by atoms with van der Waals surface area (Å²) < 4.78 is 0. The summed E-state index contributed by atoms with van der Waals surface area (Å²) in [7, 11) is 0. The van der Waals surface area contributed by atoms with E-state index in [4.69, 9.17) is 10.8 Å². The molecular formula is C8H13NO. The minimum atomic E-state index is 0.0299. The van der Waals surface area contributed by atoms with Gasteiger partial charge in [-0.3, -0.25) is 0 Å². The van der Waals surface area contributed by atoms with Gasteiger partial charge in [-0.25, -0.2) is 0 Å². The molecular weight excluding hydrogens is 126 g/mol. The largest absolute Gasteiger partial charge is 0.509 e. The van der Waals surface area contributed by atoms with E-state index in [2.05, 4.69) is 6.58 Å². The maximum Gasteiger partial charge on any atom is 0.108 e. The van der Waals surface area contributed by atoms with Crippen LogP contribution < -0.4 is 5.73 Å². The first-order valence-electron chi connectivity index (χ1n) is 3.06. The van der Waals surface area contributed by atoms with E-state index < -0.39 is 0 Å². The van der Waals surface area contributed by atoms with E-state index in [1.807, 2.05) is 13.8 Å². The third-order valence-corrected chi connectivity index (χ3v) is 1.15. The second-order valence-corrected chi connectivity index (χ2v) is 2.06. The molecule has 0 aliphatic rings. The minimum absolute atomic E-state index is 0.0299. The van der Waals surface area contributed by atoms with Crippen molar-refractivity contribution < 1.29 is 5.11 Å². The van der Waals surface area contributed by atoms with E-state index in [9.17, 15) is 0 Å². The van der Waals surface area contributed by atoms with Crippen LogP contribution in [0.5, 0.6) is 0 Å². The summed E-state index contributed by atoms with van der Waals surface area (Å²) in [6, 6.07) is 0. The number of rotatable bonds is 2. The fourth-order valence-corrected chi connectivity index (χ4v) is 0.561. The molecule has 0 aromatic heterocycles. The van der Waals surface area contributed by atoms with Crippen molar-refractivity contribution in [3.8, 4) is 0 Å². The van der Waals surface area contributed by atoms with Crippen molar-refractivity contribution in [1.29, 1.82) is 0 Å². The number of aliphatic hydroxyl groups excluding tert-OH is 1. The average Bonchev–Trinajstić information content (AvgIpc) is 1.85. The van der Waals surface area contributed by atoms with Crippen LogP contribution >= 0.6 is 0 Å². The molecule has 0 rings (SSSR count). The van der Waals surface area contributed by atoms with Gasteiger partial charge in [-0.2, -0.15) is 0 Å². The molecule has 0 bridgehead atoms. The van der Waals surface area contributed by atoms with Gasteiger partial charge in [0.1, 0.15) is 5.76 Å². The van der Waals surface area contributed by atoms with E-state index >= 15 is 0 Å². The molecule has 2 nitrogen and oxygen atoms in total. The number of hydrogen-bond donors (Lipinski definition) is 2. The lowest BCUT2D eigenvalue weighted by molar-refractivity contribution is 0.434. The molecule has 0 heterocycles. The fourth-order valence-electron chi connectivity index (χ4n) is 0.561. The van der Waals surface area contributed by atoms with Gasteiger partial charge in [0, 0.05) is 5.70 Å². The van der Waals surface area contributed by atoms with E-state index in [1.165, 1.54) is 6.08 Å². The smallest absolute Gasteiger partial charge is 0.108 e. The Morgan fingerprint density at radius 1 is 1.60 bits per heavy atom. The fraction of sp³-hybridized carbons (Fsp3) is 0.250. The Hall–Kier alpha value is -1.18. The van der Waals surface area contributed by atoms with Crippen LogP contribution in [-0.2, 0) is 0 Å². The van der Waals surface area contributed by atoms with Crippen LogP contribution in [0.15, 0.2) is 35.8 Å². The Morgan fingerprint density at radius 2 is 2.10 bits per heavy atom. The van der Waals surface area contributed by atoms with Gasteiger partial charge in [0.2, 0.25) is 0 Å². The first-order valence-corrected chi connectivity index (χ1v) is 3.06. The van der Waals surface area contributed by atoms with Gasteiger partial charge in [0.15, 0.2) is 0 Å². The lowest BCUT2D eigenvalue weighted by Gasteiger charge is -1.98. The molecule has 0 saturated carbocycles. The predicted octanol–water partition coefficient (Wildman–Crippen LogP) is 1.87. The highest BCUT2D eigenvalue weighted by molar-refractivity contribution is 5.29. The summed E-state index contributed by atoms with van der Waals surface area (Å²) in [5, 5.41) is 8.71. The normalized spacial score (nSPS) is 13.4. The Balaban J connectivity index is 4.35. The standard InChI is InChI=1S/C8H13NO/c1-4-8(9)6(2)5-7(3)10/h4-5,10H,3,9H2,1-2H3/b6-5-,8-4+. The average molecular weight is 139 g/mol. The molecule has 0 aliphatic carbocycles. The molecule has 0 aliphatic heterocycles. The first kappa shape index (κ1) is 8.82.